The monoisotopic (exact) mass is 307 g/mol. The zero-order valence-corrected chi connectivity index (χ0v) is 13.5. The van der Waals surface area contributed by atoms with Crippen LogP contribution in [0.15, 0.2) is 78.3 Å². The third kappa shape index (κ3) is 4.16. The number of hydrogen-bond acceptors (Lipinski definition) is 3. The Balaban J connectivity index is 2.55. The van der Waals surface area contributed by atoms with Crippen LogP contribution in [0.1, 0.15) is 18.1 Å². The molecule has 118 valence electrons. The third-order valence-corrected chi connectivity index (χ3v) is 3.68. The van der Waals surface area contributed by atoms with Gasteiger partial charge in [0.05, 0.1) is 12.8 Å². The lowest BCUT2D eigenvalue weighted by Gasteiger charge is -2.17. The van der Waals surface area contributed by atoms with Crippen LogP contribution < -0.4 is 0 Å². The van der Waals surface area contributed by atoms with Crippen molar-refractivity contribution in [2.45, 2.75) is 13.0 Å². The molecule has 3 nitrogen and oxygen atoms in total. The molecule has 0 saturated heterocycles. The molecule has 0 spiro atoms. The van der Waals surface area contributed by atoms with Crippen molar-refractivity contribution in [1.29, 1.82) is 0 Å². The molecule has 0 aliphatic heterocycles. The average molecular weight is 307 g/mol. The first kappa shape index (κ1) is 16.7. The molecule has 0 aromatic heterocycles. The summed E-state index contributed by atoms with van der Waals surface area (Å²) in [5.74, 6) is -0.480. The number of rotatable bonds is 6. The van der Waals surface area contributed by atoms with Gasteiger partial charge in [-0.1, -0.05) is 73.7 Å². The molecule has 0 N–H and O–H groups in total. The van der Waals surface area contributed by atoms with Gasteiger partial charge in [0.25, 0.3) is 0 Å². The standard InChI is InChI=1S/C20H21NO2/c1-4-15(2)18(20(22)23-3)21-19(16-11-7-5-8-12-16)17-13-9-6-10-14-17/h4-15,18H,1H2,2-3H3. The van der Waals surface area contributed by atoms with Crippen LogP contribution >= 0.6 is 0 Å². The Morgan fingerprint density at radius 2 is 1.52 bits per heavy atom. The summed E-state index contributed by atoms with van der Waals surface area (Å²) in [5, 5.41) is 0. The second-order valence-electron chi connectivity index (χ2n) is 5.27. The smallest absolute Gasteiger partial charge is 0.331 e. The van der Waals surface area contributed by atoms with E-state index in [1.165, 1.54) is 7.11 Å². The molecule has 0 heterocycles. The number of benzene rings is 2. The summed E-state index contributed by atoms with van der Waals surface area (Å²) in [6.45, 7) is 5.68. The zero-order valence-electron chi connectivity index (χ0n) is 13.5. The lowest BCUT2D eigenvalue weighted by Crippen LogP contribution is -2.28. The Kier molecular flexibility index (Phi) is 5.87. The van der Waals surface area contributed by atoms with Crippen molar-refractivity contribution in [3.8, 4) is 0 Å². The van der Waals surface area contributed by atoms with Gasteiger partial charge < -0.3 is 4.74 Å². The summed E-state index contributed by atoms with van der Waals surface area (Å²) >= 11 is 0. The maximum atomic E-state index is 12.1. The van der Waals surface area contributed by atoms with Gasteiger partial charge in [0.1, 0.15) is 0 Å². The van der Waals surface area contributed by atoms with E-state index >= 15 is 0 Å². The molecule has 0 bridgehead atoms. The molecule has 3 heteroatoms. The Morgan fingerprint density at radius 3 is 1.91 bits per heavy atom. The largest absolute Gasteiger partial charge is 0.467 e. The van der Waals surface area contributed by atoms with E-state index in [1.54, 1.807) is 6.08 Å². The summed E-state index contributed by atoms with van der Waals surface area (Å²) in [5.41, 5.74) is 2.70. The second-order valence-corrected chi connectivity index (χ2v) is 5.27. The van der Waals surface area contributed by atoms with Crippen LogP contribution in [0.3, 0.4) is 0 Å². The second kappa shape index (κ2) is 8.08. The van der Waals surface area contributed by atoms with Crippen molar-refractivity contribution in [3.05, 3.63) is 84.4 Å². The molecular formula is C20H21NO2. The first-order chi connectivity index (χ1) is 11.2. The maximum absolute atomic E-state index is 12.1. The van der Waals surface area contributed by atoms with Gasteiger partial charge in [-0.2, -0.15) is 0 Å². The molecule has 2 rings (SSSR count). The minimum Gasteiger partial charge on any atom is -0.467 e. The van der Waals surface area contributed by atoms with E-state index in [-0.39, 0.29) is 11.9 Å². The first-order valence-electron chi connectivity index (χ1n) is 7.56. The van der Waals surface area contributed by atoms with Gasteiger partial charge in [0.2, 0.25) is 0 Å². The van der Waals surface area contributed by atoms with Crippen LogP contribution in [0.25, 0.3) is 0 Å². The molecule has 23 heavy (non-hydrogen) atoms. The molecular weight excluding hydrogens is 286 g/mol. The van der Waals surface area contributed by atoms with Gasteiger partial charge >= 0.3 is 5.97 Å². The number of carbonyl (C=O) groups excluding carboxylic acids is 1. The summed E-state index contributed by atoms with van der Waals surface area (Å²) in [6, 6.07) is 19.1. The highest BCUT2D eigenvalue weighted by Gasteiger charge is 2.24. The summed E-state index contributed by atoms with van der Waals surface area (Å²) in [6.07, 6.45) is 1.72. The van der Waals surface area contributed by atoms with E-state index in [0.29, 0.717) is 0 Å². The number of nitrogens with zero attached hydrogens (tertiary/aromatic N) is 1. The summed E-state index contributed by atoms with van der Waals surface area (Å²) in [4.78, 5) is 16.9. The first-order valence-corrected chi connectivity index (χ1v) is 7.56. The molecule has 2 atom stereocenters. The van der Waals surface area contributed by atoms with Gasteiger partial charge in [0, 0.05) is 17.0 Å². The predicted molar refractivity (Wildman–Crippen MR) is 93.7 cm³/mol. The predicted octanol–water partition coefficient (Wildman–Crippen LogP) is 3.89. The van der Waals surface area contributed by atoms with Crippen LogP contribution in [-0.4, -0.2) is 24.8 Å². The van der Waals surface area contributed by atoms with E-state index in [4.69, 9.17) is 9.73 Å². The van der Waals surface area contributed by atoms with Crippen molar-refractivity contribution >= 4 is 11.7 Å². The minimum absolute atomic E-state index is 0.120. The van der Waals surface area contributed by atoms with E-state index in [2.05, 4.69) is 6.58 Å². The van der Waals surface area contributed by atoms with Gasteiger partial charge in [-0.25, -0.2) is 4.79 Å². The maximum Gasteiger partial charge on any atom is 0.331 e. The fraction of sp³-hybridized carbons (Fsp3) is 0.200. The van der Waals surface area contributed by atoms with Crippen molar-refractivity contribution in [2.75, 3.05) is 7.11 Å². The van der Waals surface area contributed by atoms with E-state index < -0.39 is 6.04 Å². The van der Waals surface area contributed by atoms with Crippen molar-refractivity contribution < 1.29 is 9.53 Å². The number of aliphatic imine (C=N–C) groups is 1. The Labute approximate surface area is 137 Å². The highest BCUT2D eigenvalue weighted by Crippen LogP contribution is 2.17. The summed E-state index contributed by atoms with van der Waals surface area (Å²) in [7, 11) is 1.38. The minimum atomic E-state index is -0.618. The van der Waals surface area contributed by atoms with Crippen molar-refractivity contribution in [2.24, 2.45) is 10.9 Å². The molecule has 2 unspecified atom stereocenters. The molecule has 2 aromatic carbocycles. The Morgan fingerprint density at radius 1 is 1.04 bits per heavy atom. The molecule has 0 radical (unpaired) electrons. The van der Waals surface area contributed by atoms with Crippen LogP contribution in [0, 0.1) is 5.92 Å². The molecule has 0 saturated carbocycles. The van der Waals surface area contributed by atoms with Crippen molar-refractivity contribution in [3.63, 3.8) is 0 Å². The quantitative estimate of drug-likeness (QED) is 0.461. The van der Waals surface area contributed by atoms with Crippen LogP contribution in [0.5, 0.6) is 0 Å². The highest BCUT2D eigenvalue weighted by molar-refractivity contribution is 6.13. The third-order valence-electron chi connectivity index (χ3n) is 3.68. The fourth-order valence-electron chi connectivity index (χ4n) is 2.28. The number of esters is 1. The van der Waals surface area contributed by atoms with Crippen LogP contribution in [-0.2, 0) is 9.53 Å². The average Bonchev–Trinajstić information content (AvgIpc) is 2.63. The Bertz CT molecular complexity index is 636. The Hall–Kier alpha value is -2.68. The number of hydrogen-bond donors (Lipinski definition) is 0. The van der Waals surface area contributed by atoms with Gasteiger partial charge in [-0.15, -0.1) is 6.58 Å². The SMILES string of the molecule is C=CC(C)C(N=C(c1ccccc1)c1ccccc1)C(=O)OC. The molecule has 0 amide bonds. The topological polar surface area (TPSA) is 38.7 Å². The zero-order chi connectivity index (χ0) is 16.7. The number of carbonyl (C=O) groups is 1. The van der Waals surface area contributed by atoms with Crippen LogP contribution in [0.2, 0.25) is 0 Å². The number of ether oxygens (including phenoxy) is 1. The van der Waals surface area contributed by atoms with Gasteiger partial charge in [0.15, 0.2) is 6.04 Å². The normalized spacial score (nSPS) is 12.8. The van der Waals surface area contributed by atoms with E-state index in [9.17, 15) is 4.79 Å². The molecule has 0 aliphatic carbocycles. The fourth-order valence-corrected chi connectivity index (χ4v) is 2.28. The lowest BCUT2D eigenvalue weighted by atomic mass is 9.99. The molecule has 0 fully saturated rings. The van der Waals surface area contributed by atoms with Gasteiger partial charge in [-0.3, -0.25) is 4.99 Å². The number of methoxy groups -OCH3 is 1. The van der Waals surface area contributed by atoms with Crippen molar-refractivity contribution in [1.82, 2.24) is 0 Å². The molecule has 0 aliphatic rings. The highest BCUT2D eigenvalue weighted by atomic mass is 16.5. The van der Waals surface area contributed by atoms with E-state index in [0.717, 1.165) is 16.8 Å². The molecule has 2 aromatic rings. The lowest BCUT2D eigenvalue weighted by molar-refractivity contribution is -0.142. The van der Waals surface area contributed by atoms with E-state index in [1.807, 2.05) is 67.6 Å². The summed E-state index contributed by atoms with van der Waals surface area (Å²) < 4.78 is 4.91. The van der Waals surface area contributed by atoms with Gasteiger partial charge in [-0.05, 0) is 0 Å². The van der Waals surface area contributed by atoms with Crippen LogP contribution in [0.4, 0.5) is 0 Å².